The van der Waals surface area contributed by atoms with Crippen LogP contribution in [0.25, 0.3) is 0 Å². The van der Waals surface area contributed by atoms with Gasteiger partial charge in [-0.15, -0.1) is 0 Å². The normalized spacial score (nSPS) is 12.7. The lowest BCUT2D eigenvalue weighted by atomic mass is 9.99. The maximum Gasteiger partial charge on any atom is 0.123 e. The van der Waals surface area contributed by atoms with Gasteiger partial charge in [0.2, 0.25) is 0 Å². The van der Waals surface area contributed by atoms with Crippen molar-refractivity contribution in [2.45, 2.75) is 45.6 Å². The van der Waals surface area contributed by atoms with E-state index in [1.807, 2.05) is 7.05 Å². The molecule has 18 heavy (non-hydrogen) atoms. The molecule has 0 saturated carbocycles. The molecule has 1 aromatic rings. The minimum absolute atomic E-state index is 0.127. The standard InChI is InChI=1S/C16H24N2/c1-5-6-11-18(4)16(12-17)15-9-7-14(8-10-15)13(2)3/h7-10,13,16H,5-6,11H2,1-4H3. The van der Waals surface area contributed by atoms with Crippen LogP contribution in [-0.4, -0.2) is 18.5 Å². The lowest BCUT2D eigenvalue weighted by Crippen LogP contribution is -2.24. The molecular weight excluding hydrogens is 220 g/mol. The molecule has 0 spiro atoms. The first-order chi connectivity index (χ1) is 8.60. The van der Waals surface area contributed by atoms with Crippen LogP contribution < -0.4 is 0 Å². The summed E-state index contributed by atoms with van der Waals surface area (Å²) in [6.45, 7) is 7.52. The molecule has 98 valence electrons. The summed E-state index contributed by atoms with van der Waals surface area (Å²) in [5.74, 6) is 0.539. The maximum atomic E-state index is 9.34. The van der Waals surface area contributed by atoms with Crippen molar-refractivity contribution in [1.29, 1.82) is 5.26 Å². The van der Waals surface area contributed by atoms with E-state index in [4.69, 9.17) is 0 Å². The summed E-state index contributed by atoms with van der Waals surface area (Å²) in [5.41, 5.74) is 2.42. The second-order valence-corrected chi connectivity index (χ2v) is 5.19. The van der Waals surface area contributed by atoms with Gasteiger partial charge in [0.05, 0.1) is 6.07 Å². The Kier molecular flexibility index (Phi) is 5.88. The lowest BCUT2D eigenvalue weighted by Gasteiger charge is -2.22. The van der Waals surface area contributed by atoms with Gasteiger partial charge in [0.15, 0.2) is 0 Å². The Labute approximate surface area is 111 Å². The van der Waals surface area contributed by atoms with Crippen LogP contribution in [0, 0.1) is 11.3 Å². The SMILES string of the molecule is CCCCN(C)C(C#N)c1ccc(C(C)C)cc1. The Morgan fingerprint density at radius 2 is 1.72 bits per heavy atom. The van der Waals surface area contributed by atoms with Gasteiger partial charge in [-0.1, -0.05) is 51.5 Å². The Morgan fingerprint density at radius 1 is 1.17 bits per heavy atom. The average Bonchev–Trinajstić information content (AvgIpc) is 2.37. The second kappa shape index (κ2) is 7.18. The van der Waals surface area contributed by atoms with E-state index in [-0.39, 0.29) is 6.04 Å². The highest BCUT2D eigenvalue weighted by molar-refractivity contribution is 5.29. The van der Waals surface area contributed by atoms with E-state index in [9.17, 15) is 5.26 Å². The van der Waals surface area contributed by atoms with Gasteiger partial charge in [-0.3, -0.25) is 4.90 Å². The molecule has 0 aliphatic carbocycles. The minimum Gasteiger partial charge on any atom is -0.287 e. The molecule has 0 bridgehead atoms. The number of rotatable bonds is 6. The van der Waals surface area contributed by atoms with Crippen LogP contribution in [-0.2, 0) is 0 Å². The number of hydrogen-bond donors (Lipinski definition) is 0. The number of benzene rings is 1. The topological polar surface area (TPSA) is 27.0 Å². The first-order valence-electron chi connectivity index (χ1n) is 6.79. The van der Waals surface area contributed by atoms with E-state index < -0.39 is 0 Å². The highest BCUT2D eigenvalue weighted by atomic mass is 15.1. The van der Waals surface area contributed by atoms with Crippen molar-refractivity contribution in [3.05, 3.63) is 35.4 Å². The van der Waals surface area contributed by atoms with E-state index in [2.05, 4.69) is 56.0 Å². The molecule has 1 unspecified atom stereocenters. The van der Waals surface area contributed by atoms with Crippen LogP contribution in [0.4, 0.5) is 0 Å². The smallest absolute Gasteiger partial charge is 0.123 e. The fourth-order valence-electron chi connectivity index (χ4n) is 2.03. The average molecular weight is 244 g/mol. The highest BCUT2D eigenvalue weighted by Crippen LogP contribution is 2.22. The van der Waals surface area contributed by atoms with Crippen LogP contribution in [0.5, 0.6) is 0 Å². The summed E-state index contributed by atoms with van der Waals surface area (Å²) >= 11 is 0. The fourth-order valence-corrected chi connectivity index (χ4v) is 2.03. The molecular formula is C16H24N2. The fraction of sp³-hybridized carbons (Fsp3) is 0.562. The molecule has 0 aromatic heterocycles. The Morgan fingerprint density at radius 3 is 2.17 bits per heavy atom. The van der Waals surface area contributed by atoms with Gasteiger partial charge in [0.25, 0.3) is 0 Å². The zero-order valence-corrected chi connectivity index (χ0v) is 12.0. The van der Waals surface area contributed by atoms with Gasteiger partial charge < -0.3 is 0 Å². The molecule has 0 radical (unpaired) electrons. The predicted octanol–water partition coefficient (Wildman–Crippen LogP) is 4.11. The van der Waals surface area contributed by atoms with Gasteiger partial charge in [-0.2, -0.15) is 5.26 Å². The Hall–Kier alpha value is -1.33. The molecule has 0 aliphatic heterocycles. The zero-order valence-electron chi connectivity index (χ0n) is 12.0. The van der Waals surface area contributed by atoms with Crippen LogP contribution >= 0.6 is 0 Å². The molecule has 1 aromatic carbocycles. The monoisotopic (exact) mass is 244 g/mol. The molecule has 2 nitrogen and oxygen atoms in total. The van der Waals surface area contributed by atoms with E-state index in [0.29, 0.717) is 5.92 Å². The number of nitrogens with zero attached hydrogens (tertiary/aromatic N) is 2. The Bertz CT molecular complexity index is 387. The lowest BCUT2D eigenvalue weighted by molar-refractivity contribution is 0.286. The van der Waals surface area contributed by atoms with Crippen molar-refractivity contribution in [1.82, 2.24) is 4.90 Å². The van der Waals surface area contributed by atoms with Crippen LogP contribution in [0.1, 0.15) is 56.7 Å². The molecule has 0 aliphatic rings. The van der Waals surface area contributed by atoms with Crippen molar-refractivity contribution >= 4 is 0 Å². The maximum absolute atomic E-state index is 9.34. The second-order valence-electron chi connectivity index (χ2n) is 5.19. The van der Waals surface area contributed by atoms with Crippen LogP contribution in [0.2, 0.25) is 0 Å². The predicted molar refractivity (Wildman–Crippen MR) is 76.4 cm³/mol. The summed E-state index contributed by atoms with van der Waals surface area (Å²) in [4.78, 5) is 2.13. The van der Waals surface area contributed by atoms with Crippen molar-refractivity contribution < 1.29 is 0 Å². The number of hydrogen-bond acceptors (Lipinski definition) is 2. The van der Waals surface area contributed by atoms with E-state index >= 15 is 0 Å². The molecule has 0 saturated heterocycles. The third-order valence-corrected chi connectivity index (χ3v) is 3.35. The van der Waals surface area contributed by atoms with E-state index in [1.54, 1.807) is 0 Å². The van der Waals surface area contributed by atoms with Crippen LogP contribution in [0.3, 0.4) is 0 Å². The molecule has 2 heteroatoms. The zero-order chi connectivity index (χ0) is 13.5. The minimum atomic E-state index is -0.127. The van der Waals surface area contributed by atoms with Gasteiger partial charge >= 0.3 is 0 Å². The third-order valence-electron chi connectivity index (χ3n) is 3.35. The van der Waals surface area contributed by atoms with E-state index in [1.165, 1.54) is 5.56 Å². The van der Waals surface area contributed by atoms with Gasteiger partial charge in [0.1, 0.15) is 6.04 Å². The molecule has 0 N–H and O–H groups in total. The summed E-state index contributed by atoms with van der Waals surface area (Å²) in [5, 5.41) is 9.34. The highest BCUT2D eigenvalue weighted by Gasteiger charge is 2.15. The first-order valence-corrected chi connectivity index (χ1v) is 6.79. The van der Waals surface area contributed by atoms with Crippen molar-refractivity contribution in [3.8, 4) is 6.07 Å². The van der Waals surface area contributed by atoms with Gasteiger partial charge in [0, 0.05) is 0 Å². The van der Waals surface area contributed by atoms with Crippen molar-refractivity contribution in [3.63, 3.8) is 0 Å². The first kappa shape index (κ1) is 14.7. The summed E-state index contributed by atoms with van der Waals surface area (Å²) in [7, 11) is 2.03. The van der Waals surface area contributed by atoms with E-state index in [0.717, 1.165) is 24.9 Å². The third kappa shape index (κ3) is 3.85. The largest absolute Gasteiger partial charge is 0.287 e. The number of nitriles is 1. The van der Waals surface area contributed by atoms with Crippen LogP contribution in [0.15, 0.2) is 24.3 Å². The molecule has 0 fully saturated rings. The molecule has 1 atom stereocenters. The summed E-state index contributed by atoms with van der Waals surface area (Å²) < 4.78 is 0. The van der Waals surface area contributed by atoms with Gasteiger partial charge in [-0.25, -0.2) is 0 Å². The Balaban J connectivity index is 2.79. The number of unbranched alkanes of at least 4 members (excludes halogenated alkanes) is 1. The van der Waals surface area contributed by atoms with Crippen molar-refractivity contribution in [2.75, 3.05) is 13.6 Å². The molecule has 1 rings (SSSR count). The summed E-state index contributed by atoms with van der Waals surface area (Å²) in [6, 6.07) is 10.7. The van der Waals surface area contributed by atoms with Gasteiger partial charge in [-0.05, 0) is 37.1 Å². The molecule has 0 heterocycles. The molecule has 0 amide bonds. The van der Waals surface area contributed by atoms with Crippen molar-refractivity contribution in [2.24, 2.45) is 0 Å². The summed E-state index contributed by atoms with van der Waals surface area (Å²) in [6.07, 6.45) is 2.30. The quantitative estimate of drug-likeness (QED) is 0.753.